The first-order valence-corrected chi connectivity index (χ1v) is 6.77. The SMILES string of the molecule is Cn1cc(CNCC2COCCO2)c2ccccc21. The average molecular weight is 260 g/mol. The van der Waals surface area contributed by atoms with E-state index in [2.05, 4.69) is 47.4 Å². The summed E-state index contributed by atoms with van der Waals surface area (Å²) in [5, 5.41) is 4.78. The van der Waals surface area contributed by atoms with Crippen LogP contribution in [0.5, 0.6) is 0 Å². The van der Waals surface area contributed by atoms with Crippen molar-refractivity contribution >= 4 is 10.9 Å². The zero-order valence-electron chi connectivity index (χ0n) is 11.3. The summed E-state index contributed by atoms with van der Waals surface area (Å²) >= 11 is 0. The third-order valence-corrected chi connectivity index (χ3v) is 3.55. The molecule has 0 radical (unpaired) electrons. The van der Waals surface area contributed by atoms with Crippen LogP contribution in [0, 0.1) is 0 Å². The fourth-order valence-corrected chi connectivity index (χ4v) is 2.59. The molecule has 1 unspecified atom stereocenters. The maximum absolute atomic E-state index is 5.62. The summed E-state index contributed by atoms with van der Waals surface area (Å²) in [6, 6.07) is 8.49. The van der Waals surface area contributed by atoms with Gasteiger partial charge in [-0.3, -0.25) is 0 Å². The molecule has 1 N–H and O–H groups in total. The van der Waals surface area contributed by atoms with Crippen molar-refractivity contribution in [2.45, 2.75) is 12.6 Å². The number of nitrogens with zero attached hydrogens (tertiary/aromatic N) is 1. The molecule has 4 nitrogen and oxygen atoms in total. The van der Waals surface area contributed by atoms with E-state index in [4.69, 9.17) is 9.47 Å². The van der Waals surface area contributed by atoms with Gasteiger partial charge in [0.05, 0.1) is 25.9 Å². The molecule has 1 aromatic heterocycles. The Morgan fingerprint density at radius 3 is 3.05 bits per heavy atom. The predicted molar refractivity (Wildman–Crippen MR) is 75.2 cm³/mol. The average Bonchev–Trinajstić information content (AvgIpc) is 2.78. The van der Waals surface area contributed by atoms with Gasteiger partial charge in [-0.15, -0.1) is 0 Å². The van der Waals surface area contributed by atoms with Crippen LogP contribution in [0.1, 0.15) is 5.56 Å². The second-order valence-electron chi connectivity index (χ2n) is 4.98. The van der Waals surface area contributed by atoms with E-state index in [9.17, 15) is 0 Å². The predicted octanol–water partition coefficient (Wildman–Crippen LogP) is 1.68. The summed E-state index contributed by atoms with van der Waals surface area (Å²) in [5.74, 6) is 0. The van der Waals surface area contributed by atoms with E-state index in [0.29, 0.717) is 13.2 Å². The summed E-state index contributed by atoms with van der Waals surface area (Å²) in [7, 11) is 2.09. The molecule has 4 heteroatoms. The monoisotopic (exact) mass is 260 g/mol. The molecule has 1 saturated heterocycles. The lowest BCUT2D eigenvalue weighted by atomic mass is 10.2. The van der Waals surface area contributed by atoms with Gasteiger partial charge < -0.3 is 19.4 Å². The van der Waals surface area contributed by atoms with Gasteiger partial charge in [-0.1, -0.05) is 18.2 Å². The molecule has 102 valence electrons. The van der Waals surface area contributed by atoms with Crippen LogP contribution in [0.4, 0.5) is 0 Å². The topological polar surface area (TPSA) is 35.4 Å². The van der Waals surface area contributed by atoms with Crippen LogP contribution in [-0.4, -0.2) is 37.0 Å². The highest BCUT2D eigenvalue weighted by Gasteiger charge is 2.14. The molecule has 0 saturated carbocycles. The maximum Gasteiger partial charge on any atom is 0.0933 e. The van der Waals surface area contributed by atoms with Crippen LogP contribution in [0.25, 0.3) is 10.9 Å². The minimum absolute atomic E-state index is 0.184. The van der Waals surface area contributed by atoms with Crippen LogP contribution in [0.3, 0.4) is 0 Å². The first kappa shape index (κ1) is 12.7. The molecular weight excluding hydrogens is 240 g/mol. The lowest BCUT2D eigenvalue weighted by Gasteiger charge is -2.23. The zero-order chi connectivity index (χ0) is 13.1. The van der Waals surface area contributed by atoms with Crippen molar-refractivity contribution in [3.8, 4) is 0 Å². The third kappa shape index (κ3) is 2.81. The molecule has 1 aromatic carbocycles. The van der Waals surface area contributed by atoms with Crippen molar-refractivity contribution in [3.05, 3.63) is 36.0 Å². The normalized spacial score (nSPS) is 19.9. The van der Waals surface area contributed by atoms with Gasteiger partial charge in [0.15, 0.2) is 0 Å². The van der Waals surface area contributed by atoms with Crippen LogP contribution >= 0.6 is 0 Å². The quantitative estimate of drug-likeness (QED) is 0.908. The Hall–Kier alpha value is -1.36. The van der Waals surface area contributed by atoms with E-state index in [1.54, 1.807) is 0 Å². The highest BCUT2D eigenvalue weighted by Crippen LogP contribution is 2.19. The van der Waals surface area contributed by atoms with E-state index < -0.39 is 0 Å². The number of fused-ring (bicyclic) bond motifs is 1. The number of benzene rings is 1. The summed E-state index contributed by atoms with van der Waals surface area (Å²) in [6.45, 7) is 3.83. The molecule has 0 aliphatic carbocycles. The number of hydrogen-bond acceptors (Lipinski definition) is 3. The fourth-order valence-electron chi connectivity index (χ4n) is 2.59. The molecule has 0 bridgehead atoms. The first-order chi connectivity index (χ1) is 9.34. The molecule has 1 aliphatic heterocycles. The Kier molecular flexibility index (Phi) is 3.82. The molecule has 0 spiro atoms. The van der Waals surface area contributed by atoms with Gasteiger partial charge in [0.2, 0.25) is 0 Å². The van der Waals surface area contributed by atoms with Gasteiger partial charge in [-0.25, -0.2) is 0 Å². The Morgan fingerprint density at radius 2 is 2.21 bits per heavy atom. The Bertz CT molecular complexity index is 544. The maximum atomic E-state index is 5.62. The second kappa shape index (κ2) is 5.74. The summed E-state index contributed by atoms with van der Waals surface area (Å²) < 4.78 is 13.2. The summed E-state index contributed by atoms with van der Waals surface area (Å²) in [5.41, 5.74) is 2.60. The van der Waals surface area contributed by atoms with E-state index in [1.807, 2.05) is 0 Å². The van der Waals surface area contributed by atoms with Gasteiger partial charge in [-0.2, -0.15) is 0 Å². The highest BCUT2D eigenvalue weighted by atomic mass is 16.6. The standard InChI is InChI=1S/C15H20N2O2/c1-17-10-12(14-4-2-3-5-15(14)17)8-16-9-13-11-18-6-7-19-13/h2-5,10,13,16H,6-9,11H2,1H3. The molecule has 2 aromatic rings. The summed E-state index contributed by atoms with van der Waals surface area (Å²) in [4.78, 5) is 0. The van der Waals surface area contributed by atoms with E-state index in [0.717, 1.165) is 19.7 Å². The van der Waals surface area contributed by atoms with Crippen LogP contribution in [0.2, 0.25) is 0 Å². The minimum Gasteiger partial charge on any atom is -0.376 e. The van der Waals surface area contributed by atoms with Crippen molar-refractivity contribution in [1.29, 1.82) is 0 Å². The van der Waals surface area contributed by atoms with Gasteiger partial charge in [0.25, 0.3) is 0 Å². The van der Waals surface area contributed by atoms with Gasteiger partial charge in [0.1, 0.15) is 0 Å². The first-order valence-electron chi connectivity index (χ1n) is 6.77. The number of rotatable bonds is 4. The largest absolute Gasteiger partial charge is 0.376 e. The number of nitrogens with one attached hydrogen (secondary N) is 1. The van der Waals surface area contributed by atoms with Crippen LogP contribution in [0.15, 0.2) is 30.5 Å². The lowest BCUT2D eigenvalue weighted by molar-refractivity contribution is -0.0864. The third-order valence-electron chi connectivity index (χ3n) is 3.55. The zero-order valence-corrected chi connectivity index (χ0v) is 11.3. The smallest absolute Gasteiger partial charge is 0.0933 e. The molecule has 19 heavy (non-hydrogen) atoms. The summed E-state index contributed by atoms with van der Waals surface area (Å²) in [6.07, 6.45) is 2.37. The van der Waals surface area contributed by atoms with Crippen LogP contribution < -0.4 is 5.32 Å². The van der Waals surface area contributed by atoms with Crippen molar-refractivity contribution < 1.29 is 9.47 Å². The van der Waals surface area contributed by atoms with E-state index in [-0.39, 0.29) is 6.10 Å². The van der Waals surface area contributed by atoms with Crippen molar-refractivity contribution in [2.24, 2.45) is 7.05 Å². The Morgan fingerprint density at radius 1 is 1.32 bits per heavy atom. The molecule has 2 heterocycles. The van der Waals surface area contributed by atoms with Crippen molar-refractivity contribution in [1.82, 2.24) is 9.88 Å². The minimum atomic E-state index is 0.184. The van der Waals surface area contributed by atoms with E-state index in [1.165, 1.54) is 16.5 Å². The highest BCUT2D eigenvalue weighted by molar-refractivity contribution is 5.83. The molecule has 0 amide bonds. The molecule has 1 fully saturated rings. The second-order valence-corrected chi connectivity index (χ2v) is 4.98. The molecule has 1 aliphatic rings. The lowest BCUT2D eigenvalue weighted by Crippen LogP contribution is -2.37. The fraction of sp³-hybridized carbons (Fsp3) is 0.467. The van der Waals surface area contributed by atoms with Crippen LogP contribution in [-0.2, 0) is 23.1 Å². The number of hydrogen-bond donors (Lipinski definition) is 1. The van der Waals surface area contributed by atoms with Crippen molar-refractivity contribution in [3.63, 3.8) is 0 Å². The molecule has 3 rings (SSSR count). The van der Waals surface area contributed by atoms with Crippen molar-refractivity contribution in [2.75, 3.05) is 26.4 Å². The van der Waals surface area contributed by atoms with Gasteiger partial charge >= 0.3 is 0 Å². The van der Waals surface area contributed by atoms with Gasteiger partial charge in [0, 0.05) is 37.2 Å². The number of para-hydroxylation sites is 1. The Balaban J connectivity index is 1.62. The number of aromatic nitrogens is 1. The Labute approximate surface area is 113 Å². The van der Waals surface area contributed by atoms with E-state index >= 15 is 0 Å². The number of aryl methyl sites for hydroxylation is 1. The number of ether oxygens (including phenoxy) is 2. The molecular formula is C15H20N2O2. The van der Waals surface area contributed by atoms with Gasteiger partial charge in [-0.05, 0) is 11.6 Å². The molecule has 1 atom stereocenters.